The zero-order chi connectivity index (χ0) is 16.2. The van der Waals surface area contributed by atoms with Gasteiger partial charge in [-0.05, 0) is 28.1 Å². The van der Waals surface area contributed by atoms with Crippen LogP contribution in [0.15, 0.2) is 47.1 Å². The molecule has 4 nitrogen and oxygen atoms in total. The molecule has 0 heterocycles. The van der Waals surface area contributed by atoms with Crippen molar-refractivity contribution in [3.63, 3.8) is 0 Å². The summed E-state index contributed by atoms with van der Waals surface area (Å²) in [5.41, 5.74) is -1.60. The van der Waals surface area contributed by atoms with Gasteiger partial charge in [-0.3, -0.25) is 10.7 Å². The quantitative estimate of drug-likeness (QED) is 0.307. The maximum Gasteiger partial charge on any atom is 0.343 e. The third kappa shape index (κ3) is 4.45. The molecule has 0 saturated carbocycles. The first kappa shape index (κ1) is 17.5. The Bertz CT molecular complexity index is 633. The number of carbonyl (C=O) groups is 1. The van der Waals surface area contributed by atoms with E-state index in [9.17, 15) is 13.6 Å². The Kier molecular flexibility index (Phi) is 5.77. The van der Waals surface area contributed by atoms with Crippen LogP contribution >= 0.6 is 27.5 Å². The number of nitrogens with one attached hydrogen (secondary N) is 1. The summed E-state index contributed by atoms with van der Waals surface area (Å²) in [4.78, 5) is 11.0. The molecule has 0 amide bonds. The molecule has 21 heavy (non-hydrogen) atoms. The number of benzene rings is 1. The van der Waals surface area contributed by atoms with E-state index >= 15 is 0 Å². The monoisotopic (exact) mass is 379 g/mol. The lowest BCUT2D eigenvalue weighted by molar-refractivity contribution is -0.496. The van der Waals surface area contributed by atoms with Crippen LogP contribution in [0, 0.1) is 5.41 Å². The van der Waals surface area contributed by atoms with Crippen LogP contribution in [0.1, 0.15) is 0 Å². The van der Waals surface area contributed by atoms with Gasteiger partial charge in [-0.25, -0.2) is 4.79 Å². The number of allylic oxidation sites excluding steroid dienone is 1. The Balaban J connectivity index is 3.06. The summed E-state index contributed by atoms with van der Waals surface area (Å²) in [6, 6.07) is 4.74. The van der Waals surface area contributed by atoms with Gasteiger partial charge in [0, 0.05) is 16.6 Å². The lowest BCUT2D eigenvalue weighted by atomic mass is 10.1. The Hall–Kier alpha value is -1.57. The summed E-state index contributed by atoms with van der Waals surface area (Å²) in [6.07, 6.45) is 1.17. The van der Waals surface area contributed by atoms with Gasteiger partial charge in [0.1, 0.15) is 23.2 Å². The zero-order valence-electron chi connectivity index (χ0n) is 10.5. The van der Waals surface area contributed by atoms with Crippen LogP contribution in [-0.4, -0.2) is 22.7 Å². The van der Waals surface area contributed by atoms with Crippen molar-refractivity contribution in [3.05, 3.63) is 52.1 Å². The highest BCUT2D eigenvalue weighted by Crippen LogP contribution is 2.24. The van der Waals surface area contributed by atoms with Crippen LogP contribution in [0.2, 0.25) is 5.02 Å². The van der Waals surface area contributed by atoms with Crippen LogP contribution in [0.25, 0.3) is 0 Å². The van der Waals surface area contributed by atoms with Gasteiger partial charge in [0.25, 0.3) is 0 Å². The first-order chi connectivity index (χ1) is 9.69. The number of quaternary nitrogens is 1. The minimum absolute atomic E-state index is 0.227. The van der Waals surface area contributed by atoms with Gasteiger partial charge in [-0.15, -0.1) is 0 Å². The van der Waals surface area contributed by atoms with Crippen molar-refractivity contribution in [2.75, 3.05) is 0 Å². The van der Waals surface area contributed by atoms with Gasteiger partial charge in [0.05, 0.1) is 5.02 Å². The van der Waals surface area contributed by atoms with Gasteiger partial charge in [-0.1, -0.05) is 18.2 Å². The van der Waals surface area contributed by atoms with E-state index in [1.165, 1.54) is 5.32 Å². The summed E-state index contributed by atoms with van der Waals surface area (Å²) in [6.45, 7) is 2.89. The highest BCUT2D eigenvalue weighted by molar-refractivity contribution is 9.10. The molecule has 0 aliphatic heterocycles. The fourth-order valence-corrected chi connectivity index (χ4v) is 1.85. The summed E-state index contributed by atoms with van der Waals surface area (Å²) >= 11 is 9.00. The molecule has 1 aromatic carbocycles. The second-order valence-electron chi connectivity index (χ2n) is 3.93. The van der Waals surface area contributed by atoms with Gasteiger partial charge in [0.15, 0.2) is 0 Å². The fourth-order valence-electron chi connectivity index (χ4n) is 1.34. The number of halogens is 4. The molecule has 0 aliphatic rings. The van der Waals surface area contributed by atoms with Gasteiger partial charge >= 0.3 is 11.9 Å². The smallest absolute Gasteiger partial charge is 0.343 e. The molecule has 1 rings (SSSR count). The molecule has 0 aromatic heterocycles. The number of nitrogens with two attached hydrogens (primary N) is 1. The zero-order valence-corrected chi connectivity index (χ0v) is 12.9. The van der Waals surface area contributed by atoms with E-state index in [4.69, 9.17) is 22.1 Å². The van der Waals surface area contributed by atoms with Crippen molar-refractivity contribution in [2.45, 2.75) is 5.92 Å². The van der Waals surface area contributed by atoms with Crippen LogP contribution in [-0.2, 0) is 4.79 Å². The number of carboxylic acid groups (broad SMARTS) is 1. The molecular weight excluding hydrogens is 370 g/mol. The van der Waals surface area contributed by atoms with Crippen molar-refractivity contribution >= 4 is 44.9 Å². The molecule has 0 radical (unpaired) electrons. The van der Waals surface area contributed by atoms with Gasteiger partial charge in [-0.2, -0.15) is 8.78 Å². The molecule has 1 aromatic rings. The summed E-state index contributed by atoms with van der Waals surface area (Å²) < 4.78 is 27.2. The van der Waals surface area contributed by atoms with Gasteiger partial charge < -0.3 is 5.11 Å². The number of carboxylic acids is 1. The van der Waals surface area contributed by atoms with E-state index in [0.717, 1.165) is 6.20 Å². The molecule has 0 aliphatic carbocycles. The maximum absolute atomic E-state index is 13.3. The van der Waals surface area contributed by atoms with E-state index in [1.807, 2.05) is 0 Å². The molecular formula is C13H11BrClF2N2O2+. The van der Waals surface area contributed by atoms with Crippen molar-refractivity contribution in [3.8, 4) is 0 Å². The normalized spacial score (nSPS) is 12.1. The van der Waals surface area contributed by atoms with Crippen molar-refractivity contribution in [1.29, 1.82) is 5.41 Å². The number of hydrogen-bond acceptors (Lipinski definition) is 2. The predicted octanol–water partition coefficient (Wildman–Crippen LogP) is 3.11. The van der Waals surface area contributed by atoms with Crippen LogP contribution < -0.4 is 5.32 Å². The number of aliphatic carboxylic acids is 1. The molecule has 0 spiro atoms. The highest BCUT2D eigenvalue weighted by Gasteiger charge is 2.36. The van der Waals surface area contributed by atoms with E-state index < -0.39 is 23.2 Å². The average Bonchev–Trinajstić information content (AvgIpc) is 2.42. The topological polar surface area (TPSA) is 77.8 Å². The Morgan fingerprint density at radius 2 is 2.14 bits per heavy atom. The lowest BCUT2D eigenvalue weighted by Gasteiger charge is -2.12. The molecule has 0 saturated heterocycles. The Morgan fingerprint density at radius 1 is 1.52 bits per heavy atom. The maximum atomic E-state index is 13.3. The highest BCUT2D eigenvalue weighted by atomic mass is 79.9. The standard InChI is InChI=1S/C13H10BrClF2N2O2/c1-2-13(16,17)11(18)8(12(20)21)6-19-7-3-4-10(15)9(14)5-7/h2-6,18-19H,1H2,(H,20,21)/p+1. The van der Waals surface area contributed by atoms with Crippen molar-refractivity contribution in [2.24, 2.45) is 0 Å². The van der Waals surface area contributed by atoms with E-state index in [1.54, 1.807) is 18.2 Å². The van der Waals surface area contributed by atoms with Crippen LogP contribution in [0.5, 0.6) is 0 Å². The molecule has 112 valence electrons. The number of alkyl halides is 2. The van der Waals surface area contributed by atoms with Crippen molar-refractivity contribution < 1.29 is 24.0 Å². The summed E-state index contributed by atoms with van der Waals surface area (Å²) in [5.74, 6) is -5.33. The van der Waals surface area contributed by atoms with E-state index in [0.29, 0.717) is 15.2 Å². The molecule has 8 heteroatoms. The minimum Gasteiger partial charge on any atom is -0.477 e. The number of hydrogen-bond donors (Lipinski definition) is 3. The molecule has 0 unspecified atom stereocenters. The first-order valence-corrected chi connectivity index (χ1v) is 6.70. The lowest BCUT2D eigenvalue weighted by Crippen LogP contribution is -2.71. The van der Waals surface area contributed by atoms with E-state index in [2.05, 4.69) is 22.5 Å². The second kappa shape index (κ2) is 6.93. The second-order valence-corrected chi connectivity index (χ2v) is 5.19. The predicted molar refractivity (Wildman–Crippen MR) is 79.3 cm³/mol. The minimum atomic E-state index is -3.71. The summed E-state index contributed by atoms with van der Waals surface area (Å²) in [5, 5.41) is 18.0. The molecule has 4 N–H and O–H groups in total. The average molecular weight is 381 g/mol. The molecule has 0 atom stereocenters. The van der Waals surface area contributed by atoms with Crippen molar-refractivity contribution in [1.82, 2.24) is 0 Å². The largest absolute Gasteiger partial charge is 0.477 e. The summed E-state index contributed by atoms with van der Waals surface area (Å²) in [7, 11) is 0. The van der Waals surface area contributed by atoms with Crippen LogP contribution in [0.3, 0.4) is 0 Å². The SMILES string of the molecule is C=CC(F)(F)C(=N)C(=C[NH2+]c1ccc(Cl)c(Br)c1)C(=O)O. The third-order valence-corrected chi connectivity index (χ3v) is 3.69. The molecule has 0 bridgehead atoms. The number of rotatable bonds is 6. The van der Waals surface area contributed by atoms with Crippen LogP contribution in [0.4, 0.5) is 14.5 Å². The Morgan fingerprint density at radius 3 is 2.62 bits per heavy atom. The van der Waals surface area contributed by atoms with E-state index in [-0.39, 0.29) is 6.08 Å². The first-order valence-electron chi connectivity index (χ1n) is 5.53. The fraction of sp³-hybridized carbons (Fsp3) is 0.0769. The van der Waals surface area contributed by atoms with Gasteiger partial charge in [0.2, 0.25) is 0 Å². The third-order valence-electron chi connectivity index (χ3n) is 2.48. The Labute approximate surface area is 132 Å². The molecule has 0 fully saturated rings.